The fourth-order valence-corrected chi connectivity index (χ4v) is 3.19. The summed E-state index contributed by atoms with van der Waals surface area (Å²) in [5, 5.41) is 8.05. The molecule has 1 N–H and O–H groups in total. The Kier molecular flexibility index (Phi) is 5.09. The molecule has 3 rings (SSSR count). The third-order valence-electron chi connectivity index (χ3n) is 4.65. The van der Waals surface area contributed by atoms with Crippen LogP contribution in [0.4, 0.5) is 4.79 Å². The van der Waals surface area contributed by atoms with Gasteiger partial charge in [-0.05, 0) is 36.5 Å². The Labute approximate surface area is 147 Å². The number of nitrogens with zero attached hydrogens (tertiary/aromatic N) is 3. The molecule has 24 heavy (non-hydrogen) atoms. The van der Waals surface area contributed by atoms with Crippen LogP contribution in [0.2, 0.25) is 5.02 Å². The predicted octanol–water partition coefficient (Wildman–Crippen LogP) is 3.76. The predicted molar refractivity (Wildman–Crippen MR) is 94.7 cm³/mol. The van der Waals surface area contributed by atoms with E-state index in [1.807, 2.05) is 44.6 Å². The van der Waals surface area contributed by atoms with E-state index in [1.165, 1.54) is 6.42 Å². The van der Waals surface area contributed by atoms with Crippen molar-refractivity contribution in [2.45, 2.75) is 31.8 Å². The minimum absolute atomic E-state index is 0.0415. The zero-order valence-corrected chi connectivity index (χ0v) is 14.8. The van der Waals surface area contributed by atoms with Gasteiger partial charge in [0, 0.05) is 30.9 Å². The van der Waals surface area contributed by atoms with Gasteiger partial charge in [0.05, 0.1) is 18.8 Å². The van der Waals surface area contributed by atoms with E-state index in [2.05, 4.69) is 10.4 Å². The van der Waals surface area contributed by atoms with Crippen molar-refractivity contribution < 1.29 is 4.79 Å². The molecule has 0 aliphatic heterocycles. The van der Waals surface area contributed by atoms with Crippen molar-refractivity contribution in [2.75, 3.05) is 7.05 Å². The molecule has 0 saturated heterocycles. The second-order valence-electron chi connectivity index (χ2n) is 6.55. The zero-order chi connectivity index (χ0) is 17.1. The van der Waals surface area contributed by atoms with Crippen LogP contribution < -0.4 is 5.32 Å². The van der Waals surface area contributed by atoms with Gasteiger partial charge in [-0.15, -0.1) is 0 Å². The SMILES string of the molecule is CN(Cc1cnn(C)c1)C(=O)N[C@H](c1ccc(Cl)cc1)C1CCC1. The number of benzene rings is 1. The van der Waals surface area contributed by atoms with E-state index in [9.17, 15) is 4.79 Å². The minimum atomic E-state index is -0.0642. The summed E-state index contributed by atoms with van der Waals surface area (Å²) < 4.78 is 1.74. The van der Waals surface area contributed by atoms with Crippen LogP contribution in [-0.2, 0) is 13.6 Å². The number of urea groups is 1. The quantitative estimate of drug-likeness (QED) is 0.896. The van der Waals surface area contributed by atoms with Gasteiger partial charge in [-0.2, -0.15) is 5.10 Å². The second kappa shape index (κ2) is 7.26. The molecule has 5 nitrogen and oxygen atoms in total. The van der Waals surface area contributed by atoms with Crippen molar-refractivity contribution in [3.63, 3.8) is 0 Å². The molecule has 1 aliphatic rings. The molecule has 1 heterocycles. The van der Waals surface area contributed by atoms with Crippen molar-refractivity contribution in [3.8, 4) is 0 Å². The van der Waals surface area contributed by atoms with Gasteiger partial charge in [0.1, 0.15) is 0 Å². The Morgan fingerprint density at radius 3 is 2.67 bits per heavy atom. The first-order valence-corrected chi connectivity index (χ1v) is 8.65. The smallest absolute Gasteiger partial charge is 0.317 e. The standard InChI is InChI=1S/C18H23ClN4O/c1-22(11-13-10-20-23(2)12-13)18(24)21-17(14-4-3-5-14)15-6-8-16(19)9-7-15/h6-10,12,14,17H,3-5,11H2,1-2H3,(H,21,24)/t17-/m0/s1. The lowest BCUT2D eigenvalue weighted by Gasteiger charge is -2.35. The second-order valence-corrected chi connectivity index (χ2v) is 6.98. The monoisotopic (exact) mass is 346 g/mol. The molecule has 0 radical (unpaired) electrons. The number of nitrogens with one attached hydrogen (secondary N) is 1. The minimum Gasteiger partial charge on any atom is -0.331 e. The number of hydrogen-bond acceptors (Lipinski definition) is 2. The van der Waals surface area contributed by atoms with E-state index in [1.54, 1.807) is 15.8 Å². The van der Waals surface area contributed by atoms with Crippen LogP contribution in [-0.4, -0.2) is 27.8 Å². The molecule has 128 valence electrons. The molecule has 1 atom stereocenters. The topological polar surface area (TPSA) is 50.2 Å². The summed E-state index contributed by atoms with van der Waals surface area (Å²) in [6.45, 7) is 0.539. The number of amides is 2. The van der Waals surface area contributed by atoms with Crippen molar-refractivity contribution in [1.29, 1.82) is 0 Å². The summed E-state index contributed by atoms with van der Waals surface area (Å²) in [4.78, 5) is 14.3. The van der Waals surface area contributed by atoms with Crippen LogP contribution in [0.1, 0.15) is 36.4 Å². The third-order valence-corrected chi connectivity index (χ3v) is 4.91. The van der Waals surface area contributed by atoms with Crippen molar-refractivity contribution >= 4 is 17.6 Å². The summed E-state index contributed by atoms with van der Waals surface area (Å²) in [5.74, 6) is 0.502. The van der Waals surface area contributed by atoms with Crippen molar-refractivity contribution in [2.24, 2.45) is 13.0 Å². The maximum Gasteiger partial charge on any atom is 0.317 e. The maximum absolute atomic E-state index is 12.6. The van der Waals surface area contributed by atoms with E-state index < -0.39 is 0 Å². The molecular formula is C18H23ClN4O. The van der Waals surface area contributed by atoms with Gasteiger partial charge in [0.15, 0.2) is 0 Å². The van der Waals surface area contributed by atoms with Gasteiger partial charge in [-0.1, -0.05) is 30.2 Å². The molecule has 2 aromatic rings. The first kappa shape index (κ1) is 16.8. The zero-order valence-electron chi connectivity index (χ0n) is 14.1. The number of aryl methyl sites for hydroxylation is 1. The number of aromatic nitrogens is 2. The highest BCUT2D eigenvalue weighted by Crippen LogP contribution is 2.38. The molecule has 1 fully saturated rings. The Morgan fingerprint density at radius 2 is 2.12 bits per heavy atom. The highest BCUT2D eigenvalue weighted by atomic mass is 35.5. The Bertz CT molecular complexity index is 693. The summed E-state index contributed by atoms with van der Waals surface area (Å²) in [6, 6.07) is 7.76. The summed E-state index contributed by atoms with van der Waals surface area (Å²) in [5.41, 5.74) is 2.13. The number of halogens is 1. The van der Waals surface area contributed by atoms with E-state index in [4.69, 9.17) is 11.6 Å². The average Bonchev–Trinajstić information content (AvgIpc) is 2.90. The fraction of sp³-hybridized carbons (Fsp3) is 0.444. The highest BCUT2D eigenvalue weighted by Gasteiger charge is 2.30. The molecule has 1 aliphatic carbocycles. The lowest BCUT2D eigenvalue weighted by Crippen LogP contribution is -2.42. The highest BCUT2D eigenvalue weighted by molar-refractivity contribution is 6.30. The van der Waals surface area contributed by atoms with Crippen LogP contribution >= 0.6 is 11.6 Å². The first-order valence-electron chi connectivity index (χ1n) is 8.27. The Morgan fingerprint density at radius 1 is 1.42 bits per heavy atom. The van der Waals surface area contributed by atoms with E-state index in [-0.39, 0.29) is 12.1 Å². The van der Waals surface area contributed by atoms with Gasteiger partial charge in [-0.25, -0.2) is 4.79 Å². The molecule has 6 heteroatoms. The van der Waals surface area contributed by atoms with Gasteiger partial charge in [0.2, 0.25) is 0 Å². The fourth-order valence-electron chi connectivity index (χ4n) is 3.06. The molecule has 1 aromatic heterocycles. The summed E-state index contributed by atoms with van der Waals surface area (Å²) >= 11 is 5.99. The van der Waals surface area contributed by atoms with Crippen molar-refractivity contribution in [1.82, 2.24) is 20.0 Å². The van der Waals surface area contributed by atoms with Gasteiger partial charge < -0.3 is 10.2 Å². The van der Waals surface area contributed by atoms with E-state index >= 15 is 0 Å². The molecule has 0 spiro atoms. The average molecular weight is 347 g/mol. The van der Waals surface area contributed by atoms with Gasteiger partial charge >= 0.3 is 6.03 Å². The lowest BCUT2D eigenvalue weighted by atomic mass is 9.77. The first-order chi connectivity index (χ1) is 11.5. The number of rotatable bonds is 5. The normalized spacial score (nSPS) is 15.6. The van der Waals surface area contributed by atoms with Crippen LogP contribution in [0, 0.1) is 5.92 Å². The largest absolute Gasteiger partial charge is 0.331 e. The Balaban J connectivity index is 1.67. The molecular weight excluding hydrogens is 324 g/mol. The molecule has 0 unspecified atom stereocenters. The van der Waals surface area contributed by atoms with Crippen LogP contribution in [0.3, 0.4) is 0 Å². The van der Waals surface area contributed by atoms with Crippen molar-refractivity contribution in [3.05, 3.63) is 52.8 Å². The number of carbonyl (C=O) groups is 1. The van der Waals surface area contributed by atoms with Crippen LogP contribution in [0.5, 0.6) is 0 Å². The summed E-state index contributed by atoms with van der Waals surface area (Å²) in [6.07, 6.45) is 7.24. The van der Waals surface area contributed by atoms with Crippen LogP contribution in [0.15, 0.2) is 36.7 Å². The Hall–Kier alpha value is -2.01. The van der Waals surface area contributed by atoms with E-state index in [0.29, 0.717) is 17.5 Å². The summed E-state index contributed by atoms with van der Waals surface area (Å²) in [7, 11) is 3.68. The van der Waals surface area contributed by atoms with E-state index in [0.717, 1.165) is 24.0 Å². The number of hydrogen-bond donors (Lipinski definition) is 1. The van der Waals surface area contributed by atoms with Gasteiger partial charge in [0.25, 0.3) is 0 Å². The maximum atomic E-state index is 12.6. The lowest BCUT2D eigenvalue weighted by molar-refractivity contribution is 0.182. The molecule has 2 amide bonds. The third kappa shape index (κ3) is 3.90. The molecule has 0 bridgehead atoms. The van der Waals surface area contributed by atoms with Crippen LogP contribution in [0.25, 0.3) is 0 Å². The molecule has 1 saturated carbocycles. The number of carbonyl (C=O) groups excluding carboxylic acids is 1. The molecule has 1 aromatic carbocycles. The van der Waals surface area contributed by atoms with Gasteiger partial charge in [-0.3, -0.25) is 4.68 Å².